The topological polar surface area (TPSA) is 26.0 Å². The Bertz CT molecular complexity index is 452. The fraction of sp³-hybridized carbons (Fsp3) is 0.111. The highest BCUT2D eigenvalue weighted by Gasteiger charge is 2.06. The summed E-state index contributed by atoms with van der Waals surface area (Å²) in [5.74, 6) is 0.547. The third kappa shape index (κ3) is 1.56. The predicted octanol–water partition coefficient (Wildman–Crippen LogP) is 3.98. The van der Waals surface area contributed by atoms with E-state index >= 15 is 0 Å². The molecule has 1 aromatic carbocycles. The van der Waals surface area contributed by atoms with Crippen LogP contribution in [0.5, 0.6) is 0 Å². The Hall–Kier alpha value is -0.250. The Morgan fingerprint density at radius 3 is 2.92 bits per heavy atom. The number of alkyl halides is 1. The summed E-state index contributed by atoms with van der Waals surface area (Å²) in [6.07, 6.45) is 0. The van der Waals surface area contributed by atoms with Gasteiger partial charge in [0.05, 0.1) is 9.47 Å². The first-order valence-electron chi connectivity index (χ1n) is 3.74. The fourth-order valence-electron chi connectivity index (χ4n) is 1.21. The zero-order chi connectivity index (χ0) is 9.42. The van der Waals surface area contributed by atoms with Crippen LogP contribution in [-0.2, 0) is 5.88 Å². The molecule has 4 heteroatoms. The largest absolute Gasteiger partial charge is 0.397 e. The SMILES string of the molecule is Nc1c(Br)sc2cc(CCl)ccc12. The van der Waals surface area contributed by atoms with E-state index in [4.69, 9.17) is 17.3 Å². The summed E-state index contributed by atoms with van der Waals surface area (Å²) < 4.78 is 2.18. The molecule has 13 heavy (non-hydrogen) atoms. The normalized spacial score (nSPS) is 10.9. The van der Waals surface area contributed by atoms with Gasteiger partial charge in [-0.3, -0.25) is 0 Å². The first-order valence-corrected chi connectivity index (χ1v) is 5.89. The van der Waals surface area contributed by atoms with Gasteiger partial charge >= 0.3 is 0 Å². The summed E-state index contributed by atoms with van der Waals surface area (Å²) in [5.41, 5.74) is 7.81. The second-order valence-corrected chi connectivity index (χ2v) is 5.39. The van der Waals surface area contributed by atoms with Crippen molar-refractivity contribution in [1.82, 2.24) is 0 Å². The van der Waals surface area contributed by atoms with Gasteiger partial charge in [0.1, 0.15) is 0 Å². The van der Waals surface area contributed by atoms with E-state index in [9.17, 15) is 0 Å². The fourth-order valence-corrected chi connectivity index (χ4v) is 3.03. The van der Waals surface area contributed by atoms with E-state index in [1.807, 2.05) is 12.1 Å². The van der Waals surface area contributed by atoms with Crippen molar-refractivity contribution >= 4 is 54.6 Å². The van der Waals surface area contributed by atoms with Crippen LogP contribution in [0.1, 0.15) is 5.56 Å². The molecule has 0 unspecified atom stereocenters. The number of anilines is 1. The maximum atomic E-state index is 5.86. The Kier molecular flexibility index (Phi) is 2.49. The lowest BCUT2D eigenvalue weighted by molar-refractivity contribution is 1.43. The number of hydrogen-bond acceptors (Lipinski definition) is 2. The van der Waals surface area contributed by atoms with Crippen LogP contribution >= 0.6 is 38.9 Å². The third-order valence-electron chi connectivity index (χ3n) is 1.90. The summed E-state index contributed by atoms with van der Waals surface area (Å²) >= 11 is 10.8. The van der Waals surface area contributed by atoms with Gasteiger partial charge in [0.25, 0.3) is 0 Å². The third-order valence-corrected chi connectivity index (χ3v) is 4.08. The smallest absolute Gasteiger partial charge is 0.0940 e. The zero-order valence-electron chi connectivity index (χ0n) is 6.68. The molecule has 0 radical (unpaired) electrons. The molecule has 0 spiro atoms. The quantitative estimate of drug-likeness (QED) is 0.783. The van der Waals surface area contributed by atoms with Crippen LogP contribution < -0.4 is 5.73 Å². The van der Waals surface area contributed by atoms with Gasteiger partial charge in [-0.2, -0.15) is 0 Å². The molecule has 1 nitrogen and oxygen atoms in total. The Labute approximate surface area is 93.6 Å². The monoisotopic (exact) mass is 275 g/mol. The lowest BCUT2D eigenvalue weighted by Crippen LogP contribution is -1.82. The van der Waals surface area contributed by atoms with Gasteiger partial charge in [-0.25, -0.2) is 0 Å². The van der Waals surface area contributed by atoms with E-state index in [1.165, 1.54) is 4.70 Å². The maximum absolute atomic E-state index is 5.86. The summed E-state index contributed by atoms with van der Waals surface area (Å²) in [6, 6.07) is 6.10. The molecule has 68 valence electrons. The number of fused-ring (bicyclic) bond motifs is 1. The highest BCUT2D eigenvalue weighted by atomic mass is 79.9. The van der Waals surface area contributed by atoms with E-state index in [1.54, 1.807) is 11.3 Å². The first kappa shape index (κ1) is 9.31. The van der Waals surface area contributed by atoms with Crippen molar-refractivity contribution in [1.29, 1.82) is 0 Å². The van der Waals surface area contributed by atoms with Crippen molar-refractivity contribution in [2.75, 3.05) is 5.73 Å². The minimum Gasteiger partial charge on any atom is -0.397 e. The minimum absolute atomic E-state index is 0.547. The van der Waals surface area contributed by atoms with Crippen molar-refractivity contribution in [3.8, 4) is 0 Å². The lowest BCUT2D eigenvalue weighted by Gasteiger charge is -1.95. The summed E-state index contributed by atoms with van der Waals surface area (Å²) in [7, 11) is 0. The molecule has 0 aliphatic carbocycles. The van der Waals surface area contributed by atoms with Crippen LogP contribution in [0, 0.1) is 0 Å². The number of nitrogen functional groups attached to an aromatic ring is 1. The van der Waals surface area contributed by atoms with Crippen LogP contribution in [0.25, 0.3) is 10.1 Å². The second kappa shape index (κ2) is 3.48. The van der Waals surface area contributed by atoms with E-state index in [-0.39, 0.29) is 0 Å². The zero-order valence-corrected chi connectivity index (χ0v) is 9.84. The van der Waals surface area contributed by atoms with Crippen LogP contribution in [0.2, 0.25) is 0 Å². The molecule has 0 bridgehead atoms. The van der Waals surface area contributed by atoms with E-state index in [0.29, 0.717) is 5.88 Å². The molecule has 1 heterocycles. The summed E-state index contributed by atoms with van der Waals surface area (Å²) in [6.45, 7) is 0. The predicted molar refractivity (Wildman–Crippen MR) is 63.5 cm³/mol. The molecule has 0 saturated heterocycles. The Morgan fingerprint density at radius 1 is 1.46 bits per heavy atom. The summed E-state index contributed by atoms with van der Waals surface area (Å²) in [4.78, 5) is 0. The molecule has 0 amide bonds. The molecule has 2 aromatic rings. The molecular formula is C9H7BrClNS. The van der Waals surface area contributed by atoms with Crippen LogP contribution in [-0.4, -0.2) is 0 Å². The molecule has 0 aliphatic heterocycles. The van der Waals surface area contributed by atoms with Crippen LogP contribution in [0.15, 0.2) is 22.0 Å². The van der Waals surface area contributed by atoms with Crippen molar-refractivity contribution in [2.24, 2.45) is 0 Å². The first-order chi connectivity index (χ1) is 6.22. The average Bonchev–Trinajstić information content (AvgIpc) is 2.42. The van der Waals surface area contributed by atoms with Crippen molar-refractivity contribution < 1.29 is 0 Å². The number of hydrogen-bond donors (Lipinski definition) is 1. The van der Waals surface area contributed by atoms with Gasteiger partial charge in [-0.15, -0.1) is 22.9 Å². The number of halogens is 2. The van der Waals surface area contributed by atoms with Gasteiger partial charge in [0, 0.05) is 16.0 Å². The molecule has 0 fully saturated rings. The van der Waals surface area contributed by atoms with Crippen LogP contribution in [0.4, 0.5) is 5.69 Å². The molecule has 1 aromatic heterocycles. The van der Waals surface area contributed by atoms with E-state index in [2.05, 4.69) is 22.0 Å². The highest BCUT2D eigenvalue weighted by molar-refractivity contribution is 9.11. The van der Waals surface area contributed by atoms with Gasteiger partial charge < -0.3 is 5.73 Å². The Morgan fingerprint density at radius 2 is 2.23 bits per heavy atom. The number of benzene rings is 1. The summed E-state index contributed by atoms with van der Waals surface area (Å²) in [5, 5.41) is 1.10. The lowest BCUT2D eigenvalue weighted by atomic mass is 10.2. The van der Waals surface area contributed by atoms with E-state index < -0.39 is 0 Å². The highest BCUT2D eigenvalue weighted by Crippen LogP contribution is 2.37. The van der Waals surface area contributed by atoms with Gasteiger partial charge in [0.15, 0.2) is 0 Å². The Balaban J connectivity index is 2.73. The van der Waals surface area contributed by atoms with Gasteiger partial charge in [-0.05, 0) is 27.6 Å². The number of thiophene rings is 1. The van der Waals surface area contributed by atoms with Crippen molar-refractivity contribution in [3.05, 3.63) is 27.5 Å². The molecule has 0 atom stereocenters. The maximum Gasteiger partial charge on any atom is 0.0940 e. The molecule has 2 N–H and O–H groups in total. The average molecular weight is 277 g/mol. The van der Waals surface area contributed by atoms with Crippen molar-refractivity contribution in [2.45, 2.75) is 5.88 Å². The second-order valence-electron chi connectivity index (χ2n) is 2.75. The standard InChI is InChI=1S/C9H7BrClNS/c10-9-8(12)6-2-1-5(4-11)3-7(6)13-9/h1-3H,4,12H2. The molecule has 0 aliphatic rings. The van der Waals surface area contributed by atoms with E-state index in [0.717, 1.165) is 20.4 Å². The van der Waals surface area contributed by atoms with Gasteiger partial charge in [-0.1, -0.05) is 12.1 Å². The number of nitrogens with two attached hydrogens (primary N) is 1. The minimum atomic E-state index is 0.547. The van der Waals surface area contributed by atoms with Gasteiger partial charge in [0.2, 0.25) is 0 Å². The van der Waals surface area contributed by atoms with Crippen molar-refractivity contribution in [3.63, 3.8) is 0 Å². The number of rotatable bonds is 1. The van der Waals surface area contributed by atoms with Crippen LogP contribution in [0.3, 0.4) is 0 Å². The molecular weight excluding hydrogens is 270 g/mol. The molecule has 2 rings (SSSR count). The molecule has 0 saturated carbocycles.